The van der Waals surface area contributed by atoms with Gasteiger partial charge in [0.05, 0.1) is 10.9 Å². The molecule has 0 aliphatic rings. The number of nitrogens with zero attached hydrogens (tertiary/aromatic N) is 2. The molecule has 2 N–H and O–H groups in total. The molecule has 0 radical (unpaired) electrons. The number of benzene rings is 2. The lowest BCUT2D eigenvalue weighted by molar-refractivity contribution is 0.282. The molecular formula is C21H28F2N4O2S. The number of guanidine groups is 1. The Morgan fingerprint density at radius 2 is 1.77 bits per heavy atom. The van der Waals surface area contributed by atoms with E-state index in [0.29, 0.717) is 23.0 Å². The number of rotatable bonds is 7. The minimum atomic E-state index is -3.27. The van der Waals surface area contributed by atoms with Crippen LogP contribution in [0, 0.1) is 18.6 Å². The number of hydrogen-bond donors (Lipinski definition) is 2. The van der Waals surface area contributed by atoms with Gasteiger partial charge >= 0.3 is 0 Å². The second-order valence-corrected chi connectivity index (χ2v) is 9.28. The van der Waals surface area contributed by atoms with E-state index in [2.05, 4.69) is 15.6 Å². The molecule has 2 aromatic carbocycles. The summed E-state index contributed by atoms with van der Waals surface area (Å²) in [5.41, 5.74) is 1.55. The van der Waals surface area contributed by atoms with E-state index < -0.39 is 27.5 Å². The lowest BCUT2D eigenvalue weighted by Gasteiger charge is -2.26. The average molecular weight is 439 g/mol. The molecule has 0 fully saturated rings. The highest BCUT2D eigenvalue weighted by molar-refractivity contribution is 7.90. The Kier molecular flexibility index (Phi) is 7.91. The highest BCUT2D eigenvalue weighted by Gasteiger charge is 2.22. The topological polar surface area (TPSA) is 73.8 Å². The molecule has 0 bridgehead atoms. The van der Waals surface area contributed by atoms with E-state index in [1.54, 1.807) is 51.2 Å². The molecule has 0 aliphatic heterocycles. The molecule has 0 saturated heterocycles. The normalized spacial score (nSPS) is 13.4. The van der Waals surface area contributed by atoms with Crippen LogP contribution in [0.1, 0.15) is 22.7 Å². The van der Waals surface area contributed by atoms with Crippen molar-refractivity contribution in [3.63, 3.8) is 0 Å². The van der Waals surface area contributed by atoms with Crippen LogP contribution in [-0.4, -0.2) is 53.2 Å². The fraction of sp³-hybridized carbons (Fsp3) is 0.381. The number of halogens is 2. The number of likely N-dealkylation sites (N-methyl/N-ethyl adjacent to an activating group) is 1. The van der Waals surface area contributed by atoms with Crippen LogP contribution in [0.5, 0.6) is 0 Å². The Morgan fingerprint density at radius 3 is 2.27 bits per heavy atom. The Bertz CT molecular complexity index is 1000. The average Bonchev–Trinajstić information content (AvgIpc) is 2.65. The van der Waals surface area contributed by atoms with Gasteiger partial charge in [0.25, 0.3) is 0 Å². The van der Waals surface area contributed by atoms with Crippen molar-refractivity contribution in [1.82, 2.24) is 15.5 Å². The first-order valence-electron chi connectivity index (χ1n) is 9.39. The molecule has 1 atom stereocenters. The summed E-state index contributed by atoms with van der Waals surface area (Å²) in [4.78, 5) is 6.18. The summed E-state index contributed by atoms with van der Waals surface area (Å²) in [7, 11) is 1.83. The fourth-order valence-electron chi connectivity index (χ4n) is 3.21. The van der Waals surface area contributed by atoms with Gasteiger partial charge in [0, 0.05) is 32.0 Å². The van der Waals surface area contributed by atoms with Gasteiger partial charge in [-0.25, -0.2) is 17.2 Å². The predicted octanol–water partition coefficient (Wildman–Crippen LogP) is 2.64. The van der Waals surface area contributed by atoms with Crippen molar-refractivity contribution in [1.29, 1.82) is 0 Å². The summed E-state index contributed by atoms with van der Waals surface area (Å²) in [5.74, 6) is -0.733. The van der Waals surface area contributed by atoms with E-state index in [0.717, 1.165) is 5.56 Å². The molecular weight excluding hydrogens is 410 g/mol. The van der Waals surface area contributed by atoms with Crippen molar-refractivity contribution in [2.24, 2.45) is 4.99 Å². The minimum Gasteiger partial charge on any atom is -0.354 e. The molecule has 0 amide bonds. The Labute approximate surface area is 176 Å². The SMILES string of the molecule is CN=C(NCc1ccc(S(C)(=O)=O)c(C)c1)NCC(c1c(F)cccc1F)N(C)C. The minimum absolute atomic E-state index is 0.00237. The van der Waals surface area contributed by atoms with Crippen molar-refractivity contribution in [2.75, 3.05) is 33.9 Å². The molecule has 30 heavy (non-hydrogen) atoms. The first-order chi connectivity index (χ1) is 14.0. The maximum Gasteiger partial charge on any atom is 0.191 e. The van der Waals surface area contributed by atoms with Crippen molar-refractivity contribution in [2.45, 2.75) is 24.4 Å². The van der Waals surface area contributed by atoms with Gasteiger partial charge in [-0.3, -0.25) is 4.99 Å². The second kappa shape index (κ2) is 9.99. The lowest BCUT2D eigenvalue weighted by atomic mass is 10.0. The van der Waals surface area contributed by atoms with Crippen LogP contribution in [0.4, 0.5) is 8.78 Å². The molecule has 9 heteroatoms. The monoisotopic (exact) mass is 438 g/mol. The maximum absolute atomic E-state index is 14.2. The van der Waals surface area contributed by atoms with Gasteiger partial charge in [-0.05, 0) is 50.3 Å². The summed E-state index contributed by atoms with van der Waals surface area (Å²) in [6, 6.07) is 8.40. The van der Waals surface area contributed by atoms with Gasteiger partial charge < -0.3 is 15.5 Å². The van der Waals surface area contributed by atoms with Gasteiger partial charge in [0.15, 0.2) is 15.8 Å². The standard InChI is InChI=1S/C21H28F2N4O2S/c1-14-11-15(9-10-19(14)30(5,28)29)12-25-21(24-2)26-13-18(27(3)4)20-16(22)7-6-8-17(20)23/h6-11,18H,12-13H2,1-5H3,(H2,24,25,26). The third-order valence-corrected chi connectivity index (χ3v) is 6.00. The summed E-state index contributed by atoms with van der Waals surface area (Å²) in [6.45, 7) is 2.39. The molecule has 0 spiro atoms. The maximum atomic E-state index is 14.2. The van der Waals surface area contributed by atoms with Crippen molar-refractivity contribution < 1.29 is 17.2 Å². The van der Waals surface area contributed by atoms with Crippen LogP contribution in [-0.2, 0) is 16.4 Å². The first kappa shape index (κ1) is 23.8. The van der Waals surface area contributed by atoms with Gasteiger partial charge in [-0.2, -0.15) is 0 Å². The smallest absolute Gasteiger partial charge is 0.191 e. The summed E-state index contributed by atoms with van der Waals surface area (Å²) in [6.07, 6.45) is 1.18. The van der Waals surface area contributed by atoms with Crippen molar-refractivity contribution in [3.8, 4) is 0 Å². The molecule has 6 nitrogen and oxygen atoms in total. The molecule has 0 aliphatic carbocycles. The van der Waals surface area contributed by atoms with Crippen LogP contribution in [0.15, 0.2) is 46.3 Å². The molecule has 164 valence electrons. The fourth-order valence-corrected chi connectivity index (χ4v) is 4.17. The van der Waals surface area contributed by atoms with E-state index in [1.807, 2.05) is 0 Å². The highest BCUT2D eigenvalue weighted by atomic mass is 32.2. The summed E-state index contributed by atoms with van der Waals surface area (Å²) in [5, 5.41) is 6.22. The lowest BCUT2D eigenvalue weighted by Crippen LogP contribution is -2.41. The van der Waals surface area contributed by atoms with Gasteiger partial charge in [0.1, 0.15) is 11.6 Å². The Balaban J connectivity index is 2.06. The van der Waals surface area contributed by atoms with Crippen molar-refractivity contribution in [3.05, 3.63) is 64.7 Å². The highest BCUT2D eigenvalue weighted by Crippen LogP contribution is 2.24. The molecule has 1 unspecified atom stereocenters. The van der Waals surface area contributed by atoms with E-state index in [1.165, 1.54) is 24.5 Å². The largest absolute Gasteiger partial charge is 0.354 e. The van der Waals surface area contributed by atoms with Crippen LogP contribution >= 0.6 is 0 Å². The molecule has 0 heterocycles. The number of sulfone groups is 1. The zero-order valence-corrected chi connectivity index (χ0v) is 18.6. The number of aliphatic imine (C=N–C) groups is 1. The molecule has 2 rings (SSSR count). The third-order valence-electron chi connectivity index (χ3n) is 4.74. The summed E-state index contributed by atoms with van der Waals surface area (Å²) >= 11 is 0. The zero-order chi connectivity index (χ0) is 22.5. The van der Waals surface area contributed by atoms with E-state index >= 15 is 0 Å². The van der Waals surface area contributed by atoms with E-state index in [-0.39, 0.29) is 12.1 Å². The molecule has 2 aromatic rings. The van der Waals surface area contributed by atoms with E-state index in [4.69, 9.17) is 0 Å². The second-order valence-electron chi connectivity index (χ2n) is 7.29. The Morgan fingerprint density at radius 1 is 1.13 bits per heavy atom. The van der Waals surface area contributed by atoms with Crippen LogP contribution in [0.3, 0.4) is 0 Å². The van der Waals surface area contributed by atoms with Gasteiger partial charge in [-0.15, -0.1) is 0 Å². The number of nitrogens with one attached hydrogen (secondary N) is 2. The van der Waals surface area contributed by atoms with Crippen LogP contribution in [0.2, 0.25) is 0 Å². The molecule has 0 saturated carbocycles. The zero-order valence-electron chi connectivity index (χ0n) is 17.8. The van der Waals surface area contributed by atoms with Gasteiger partial charge in [0.2, 0.25) is 0 Å². The Hall–Kier alpha value is -2.52. The third kappa shape index (κ3) is 5.99. The quantitative estimate of drug-likeness (QED) is 0.514. The number of hydrogen-bond acceptors (Lipinski definition) is 4. The van der Waals surface area contributed by atoms with Crippen LogP contribution in [0.25, 0.3) is 0 Å². The summed E-state index contributed by atoms with van der Waals surface area (Å²) < 4.78 is 51.9. The van der Waals surface area contributed by atoms with Crippen molar-refractivity contribution >= 4 is 15.8 Å². The molecule has 0 aromatic heterocycles. The first-order valence-corrected chi connectivity index (χ1v) is 11.3. The van der Waals surface area contributed by atoms with E-state index in [9.17, 15) is 17.2 Å². The van der Waals surface area contributed by atoms with Gasteiger partial charge in [-0.1, -0.05) is 18.2 Å². The van der Waals surface area contributed by atoms with Crippen LogP contribution < -0.4 is 10.6 Å². The predicted molar refractivity (Wildman–Crippen MR) is 115 cm³/mol. The number of aryl methyl sites for hydroxylation is 1.